The van der Waals surface area contributed by atoms with E-state index < -0.39 is 20.0 Å². The zero-order valence-electron chi connectivity index (χ0n) is 15.9. The number of ether oxygens (including phenoxy) is 2. The van der Waals surface area contributed by atoms with Crippen molar-refractivity contribution in [2.24, 2.45) is 0 Å². The maximum Gasteiger partial charge on any atom is 0.265 e. The van der Waals surface area contributed by atoms with Crippen molar-refractivity contribution in [2.45, 2.75) is 17.7 Å². The summed E-state index contributed by atoms with van der Waals surface area (Å²) in [7, 11) is -4.89. The number of sulfonamides is 2. The molecule has 0 saturated carbocycles. The maximum atomic E-state index is 13.1. The first-order valence-electron chi connectivity index (χ1n) is 8.73. The fourth-order valence-electron chi connectivity index (χ4n) is 3.07. The third-order valence-electron chi connectivity index (χ3n) is 4.48. The molecule has 1 saturated heterocycles. The van der Waals surface area contributed by atoms with E-state index in [9.17, 15) is 16.8 Å². The first-order valence-corrected chi connectivity index (χ1v) is 12.2. The molecule has 1 aliphatic heterocycles. The van der Waals surface area contributed by atoms with Gasteiger partial charge in [0.2, 0.25) is 10.0 Å². The van der Waals surface area contributed by atoms with Crippen molar-refractivity contribution in [1.82, 2.24) is 0 Å². The van der Waals surface area contributed by atoms with Crippen LogP contribution in [-0.4, -0.2) is 43.4 Å². The number of halogens is 1. The van der Waals surface area contributed by atoms with E-state index in [0.717, 1.165) is 0 Å². The number of benzene rings is 2. The van der Waals surface area contributed by atoms with E-state index in [4.69, 9.17) is 21.1 Å². The molecule has 1 heterocycles. The van der Waals surface area contributed by atoms with Crippen molar-refractivity contribution in [3.8, 4) is 11.5 Å². The highest BCUT2D eigenvalue weighted by Gasteiger charge is 2.29. The van der Waals surface area contributed by atoms with Gasteiger partial charge in [0.15, 0.2) is 0 Å². The average Bonchev–Trinajstić information content (AvgIpc) is 2.67. The van der Waals surface area contributed by atoms with Crippen molar-refractivity contribution >= 4 is 43.0 Å². The van der Waals surface area contributed by atoms with Gasteiger partial charge < -0.3 is 9.47 Å². The van der Waals surface area contributed by atoms with Crippen molar-refractivity contribution in [2.75, 3.05) is 35.5 Å². The Bertz CT molecular complexity index is 1120. The molecule has 0 bridgehead atoms. The van der Waals surface area contributed by atoms with E-state index in [2.05, 4.69) is 4.72 Å². The Hall–Kier alpha value is -2.17. The van der Waals surface area contributed by atoms with E-state index in [0.29, 0.717) is 24.4 Å². The molecule has 0 atom stereocenters. The Morgan fingerprint density at radius 3 is 2.38 bits per heavy atom. The molecule has 0 radical (unpaired) electrons. The molecule has 11 heteroatoms. The second kappa shape index (κ2) is 8.29. The van der Waals surface area contributed by atoms with Crippen LogP contribution in [0.5, 0.6) is 11.5 Å². The molecule has 0 amide bonds. The fraction of sp³-hybridized carbons (Fsp3) is 0.333. The van der Waals surface area contributed by atoms with Gasteiger partial charge in [-0.05, 0) is 49.2 Å². The third kappa shape index (κ3) is 4.54. The molecular weight excluding hydrogens is 440 g/mol. The summed E-state index contributed by atoms with van der Waals surface area (Å²) in [6.45, 7) is 0.295. The van der Waals surface area contributed by atoms with Gasteiger partial charge >= 0.3 is 0 Å². The van der Waals surface area contributed by atoms with E-state index in [1.54, 1.807) is 6.07 Å². The second-order valence-corrected chi connectivity index (χ2v) is 10.5. The number of nitrogens with one attached hydrogen (secondary N) is 1. The SMILES string of the molecule is COc1ccc(Cl)cc1NS(=O)(=O)c1cc(N2CCCCS2(=O)=O)ccc1OC. The number of nitrogens with zero attached hydrogens (tertiary/aromatic N) is 1. The molecule has 2 aromatic carbocycles. The van der Waals surface area contributed by atoms with Gasteiger partial charge in [-0.2, -0.15) is 0 Å². The van der Waals surface area contributed by atoms with Crippen LogP contribution in [0.25, 0.3) is 0 Å². The van der Waals surface area contributed by atoms with Crippen LogP contribution in [0.3, 0.4) is 0 Å². The molecule has 1 fully saturated rings. The van der Waals surface area contributed by atoms with Crippen molar-refractivity contribution in [3.63, 3.8) is 0 Å². The summed E-state index contributed by atoms with van der Waals surface area (Å²) >= 11 is 5.98. The first kappa shape index (κ1) is 21.5. The number of methoxy groups -OCH3 is 2. The Balaban J connectivity index is 2.06. The van der Waals surface area contributed by atoms with Gasteiger partial charge in [-0.3, -0.25) is 9.03 Å². The lowest BCUT2D eigenvalue weighted by atomic mass is 10.2. The molecule has 0 aliphatic carbocycles. The summed E-state index contributed by atoms with van der Waals surface area (Å²) in [4.78, 5) is -0.194. The lowest BCUT2D eigenvalue weighted by molar-refractivity contribution is 0.403. The summed E-state index contributed by atoms with van der Waals surface area (Å²) in [5.74, 6) is 0.391. The quantitative estimate of drug-likeness (QED) is 0.710. The van der Waals surface area contributed by atoms with Crippen LogP contribution in [-0.2, 0) is 20.0 Å². The molecule has 8 nitrogen and oxygen atoms in total. The standard InChI is InChI=1S/C18H21ClN2O6S2/c1-26-16-7-5-13(19)11-15(16)20-29(24,25)18-12-14(6-8-17(18)27-2)21-9-3-4-10-28(21,22)23/h5-8,11-12,20H,3-4,9-10H2,1-2H3. The van der Waals surface area contributed by atoms with Crippen LogP contribution >= 0.6 is 11.6 Å². The molecule has 3 rings (SSSR count). The van der Waals surface area contributed by atoms with Crippen molar-refractivity contribution < 1.29 is 26.3 Å². The van der Waals surface area contributed by atoms with Crippen molar-refractivity contribution in [1.29, 1.82) is 0 Å². The Morgan fingerprint density at radius 1 is 1.03 bits per heavy atom. The highest BCUT2D eigenvalue weighted by molar-refractivity contribution is 7.93. The van der Waals surface area contributed by atoms with Crippen LogP contribution in [0.2, 0.25) is 5.02 Å². The summed E-state index contributed by atoms with van der Waals surface area (Å²) in [5.41, 5.74) is 0.419. The lowest BCUT2D eigenvalue weighted by Crippen LogP contribution is -2.37. The van der Waals surface area contributed by atoms with Gasteiger partial charge in [-0.25, -0.2) is 16.8 Å². The molecule has 158 valence electrons. The second-order valence-electron chi connectivity index (χ2n) is 6.38. The number of hydrogen-bond donors (Lipinski definition) is 1. The minimum Gasteiger partial charge on any atom is -0.495 e. The number of anilines is 2. The lowest BCUT2D eigenvalue weighted by Gasteiger charge is -2.28. The zero-order chi connectivity index (χ0) is 21.2. The van der Waals surface area contributed by atoms with Crippen LogP contribution in [0.4, 0.5) is 11.4 Å². The summed E-state index contributed by atoms with van der Waals surface area (Å²) in [6, 6.07) is 8.78. The Kier molecular flexibility index (Phi) is 6.16. The predicted octanol–water partition coefficient (Wildman–Crippen LogP) is 3.09. The van der Waals surface area contributed by atoms with Crippen LogP contribution in [0, 0.1) is 0 Å². The van der Waals surface area contributed by atoms with Crippen LogP contribution in [0.1, 0.15) is 12.8 Å². The fourth-order valence-corrected chi connectivity index (χ4v) is 6.12. The largest absolute Gasteiger partial charge is 0.495 e. The third-order valence-corrected chi connectivity index (χ3v) is 7.97. The molecule has 0 spiro atoms. The molecule has 1 aliphatic rings. The Labute approximate surface area is 175 Å². The topological polar surface area (TPSA) is 102 Å². The zero-order valence-corrected chi connectivity index (χ0v) is 18.3. The Morgan fingerprint density at radius 2 is 1.72 bits per heavy atom. The van der Waals surface area contributed by atoms with Gasteiger partial charge in [0.05, 0.1) is 31.3 Å². The maximum absolute atomic E-state index is 13.1. The predicted molar refractivity (Wildman–Crippen MR) is 112 cm³/mol. The number of rotatable bonds is 6. The first-order chi connectivity index (χ1) is 13.7. The summed E-state index contributed by atoms with van der Waals surface area (Å²) < 4.78 is 65.1. The summed E-state index contributed by atoms with van der Waals surface area (Å²) in [5, 5.41) is 0.323. The van der Waals surface area contributed by atoms with E-state index in [1.807, 2.05) is 0 Å². The smallest absolute Gasteiger partial charge is 0.265 e. The minimum absolute atomic E-state index is 0.0269. The van der Waals surface area contributed by atoms with Gasteiger partial charge in [0.1, 0.15) is 16.4 Å². The number of hydrogen-bond acceptors (Lipinski definition) is 6. The van der Waals surface area contributed by atoms with Gasteiger partial charge in [0, 0.05) is 11.6 Å². The molecule has 0 aromatic heterocycles. The summed E-state index contributed by atoms with van der Waals surface area (Å²) in [6.07, 6.45) is 1.28. The molecule has 0 unspecified atom stereocenters. The monoisotopic (exact) mass is 460 g/mol. The minimum atomic E-state index is -4.14. The van der Waals surface area contributed by atoms with Gasteiger partial charge in [-0.1, -0.05) is 11.6 Å². The van der Waals surface area contributed by atoms with Crippen LogP contribution < -0.4 is 18.5 Å². The molecule has 29 heavy (non-hydrogen) atoms. The van der Waals surface area contributed by atoms with Gasteiger partial charge in [0.25, 0.3) is 10.0 Å². The van der Waals surface area contributed by atoms with E-state index in [-0.39, 0.29) is 33.5 Å². The average molecular weight is 461 g/mol. The normalized spacial score (nSPS) is 16.3. The van der Waals surface area contributed by atoms with Crippen LogP contribution in [0.15, 0.2) is 41.3 Å². The van der Waals surface area contributed by atoms with E-state index >= 15 is 0 Å². The van der Waals surface area contributed by atoms with Crippen molar-refractivity contribution in [3.05, 3.63) is 41.4 Å². The molecule has 1 N–H and O–H groups in total. The highest BCUT2D eigenvalue weighted by atomic mass is 35.5. The van der Waals surface area contributed by atoms with E-state index in [1.165, 1.54) is 48.9 Å². The molecular formula is C18H21ClN2O6S2. The molecule has 2 aromatic rings. The van der Waals surface area contributed by atoms with Gasteiger partial charge in [-0.15, -0.1) is 0 Å². The highest BCUT2D eigenvalue weighted by Crippen LogP contribution is 2.35.